The van der Waals surface area contributed by atoms with Gasteiger partial charge in [0.2, 0.25) is 5.91 Å². The summed E-state index contributed by atoms with van der Waals surface area (Å²) in [6.45, 7) is 2.20. The molecule has 1 unspecified atom stereocenters. The van der Waals surface area contributed by atoms with Crippen LogP contribution < -0.4 is 10.9 Å². The predicted molar refractivity (Wildman–Crippen MR) is 48.4 cm³/mol. The van der Waals surface area contributed by atoms with Gasteiger partial charge >= 0.3 is 0 Å². The number of unbranched alkanes of at least 4 members (excludes halogenated alkanes) is 2. The van der Waals surface area contributed by atoms with E-state index in [0.717, 1.165) is 6.42 Å². The molecule has 1 atom stereocenters. The highest BCUT2D eigenvalue weighted by atomic mass is 16.2. The van der Waals surface area contributed by atoms with Crippen molar-refractivity contribution < 1.29 is 4.79 Å². The monoisotopic (exact) mass is 170 g/mol. The summed E-state index contributed by atoms with van der Waals surface area (Å²) in [5.74, 6) is 0.127. The molecule has 0 radical (unpaired) electrons. The first kappa shape index (κ1) is 9.52. The molecule has 70 valence electrons. The first-order chi connectivity index (χ1) is 5.83. The molecule has 3 heteroatoms. The van der Waals surface area contributed by atoms with Crippen molar-refractivity contribution in [2.24, 2.45) is 0 Å². The summed E-state index contributed by atoms with van der Waals surface area (Å²) in [5, 5.41) is 0. The van der Waals surface area contributed by atoms with Gasteiger partial charge in [0.25, 0.3) is 0 Å². The summed E-state index contributed by atoms with van der Waals surface area (Å²) < 4.78 is 0. The molecule has 1 aliphatic heterocycles. The van der Waals surface area contributed by atoms with Gasteiger partial charge in [0, 0.05) is 12.5 Å². The van der Waals surface area contributed by atoms with E-state index in [0.29, 0.717) is 12.5 Å². The van der Waals surface area contributed by atoms with E-state index in [4.69, 9.17) is 0 Å². The lowest BCUT2D eigenvalue weighted by Crippen LogP contribution is -2.49. The maximum Gasteiger partial charge on any atom is 0.234 e. The lowest BCUT2D eigenvalue weighted by Gasteiger charge is -2.23. The minimum absolute atomic E-state index is 0.127. The van der Waals surface area contributed by atoms with Gasteiger partial charge in [0.15, 0.2) is 0 Å². The van der Waals surface area contributed by atoms with Crippen molar-refractivity contribution in [3.05, 3.63) is 0 Å². The quantitative estimate of drug-likeness (QED) is 0.625. The van der Waals surface area contributed by atoms with E-state index in [1.54, 1.807) is 0 Å². The van der Waals surface area contributed by atoms with Crippen molar-refractivity contribution in [2.75, 3.05) is 0 Å². The summed E-state index contributed by atoms with van der Waals surface area (Å²) in [7, 11) is 0. The lowest BCUT2D eigenvalue weighted by atomic mass is 10.0. The van der Waals surface area contributed by atoms with Crippen LogP contribution in [0.3, 0.4) is 0 Å². The number of rotatable bonds is 4. The van der Waals surface area contributed by atoms with E-state index in [1.165, 1.54) is 25.7 Å². The van der Waals surface area contributed by atoms with Gasteiger partial charge in [-0.05, 0) is 12.8 Å². The molecule has 0 aliphatic carbocycles. The van der Waals surface area contributed by atoms with Crippen LogP contribution in [0.15, 0.2) is 0 Å². The van der Waals surface area contributed by atoms with E-state index >= 15 is 0 Å². The van der Waals surface area contributed by atoms with Crippen LogP contribution in [0.1, 0.15) is 45.4 Å². The average Bonchev–Trinajstić information content (AvgIpc) is 2.09. The molecule has 1 heterocycles. The van der Waals surface area contributed by atoms with Crippen LogP contribution in [0, 0.1) is 0 Å². The van der Waals surface area contributed by atoms with Gasteiger partial charge < -0.3 is 0 Å². The number of hydrogen-bond donors (Lipinski definition) is 2. The van der Waals surface area contributed by atoms with Crippen LogP contribution in [0.25, 0.3) is 0 Å². The van der Waals surface area contributed by atoms with Gasteiger partial charge in [-0.15, -0.1) is 0 Å². The zero-order valence-corrected chi connectivity index (χ0v) is 7.73. The second-order valence-corrected chi connectivity index (χ2v) is 3.42. The second kappa shape index (κ2) is 5.14. The molecule has 3 nitrogen and oxygen atoms in total. The molecule has 2 N–H and O–H groups in total. The van der Waals surface area contributed by atoms with Crippen molar-refractivity contribution in [3.8, 4) is 0 Å². The Hall–Kier alpha value is -0.570. The van der Waals surface area contributed by atoms with Crippen molar-refractivity contribution >= 4 is 5.91 Å². The molecule has 1 fully saturated rings. The fourth-order valence-corrected chi connectivity index (χ4v) is 1.48. The Morgan fingerprint density at radius 1 is 1.50 bits per heavy atom. The summed E-state index contributed by atoms with van der Waals surface area (Å²) in [6, 6.07) is 0.509. The zero-order valence-electron chi connectivity index (χ0n) is 7.73. The van der Waals surface area contributed by atoms with Gasteiger partial charge in [-0.3, -0.25) is 10.2 Å². The molecular weight excluding hydrogens is 152 g/mol. The van der Waals surface area contributed by atoms with Crippen molar-refractivity contribution in [1.82, 2.24) is 10.9 Å². The van der Waals surface area contributed by atoms with Crippen molar-refractivity contribution in [1.29, 1.82) is 0 Å². The molecule has 0 aromatic rings. The molecule has 1 amide bonds. The molecule has 0 spiro atoms. The van der Waals surface area contributed by atoms with Crippen LogP contribution in [0.2, 0.25) is 0 Å². The van der Waals surface area contributed by atoms with Crippen LogP contribution in [-0.4, -0.2) is 11.9 Å². The molecular formula is C9H18N2O. The van der Waals surface area contributed by atoms with Crippen LogP contribution in [0.5, 0.6) is 0 Å². The normalized spacial score (nSPS) is 23.8. The maximum atomic E-state index is 10.8. The number of hydrazine groups is 1. The van der Waals surface area contributed by atoms with Gasteiger partial charge in [-0.2, -0.15) is 0 Å². The maximum absolute atomic E-state index is 10.8. The second-order valence-electron chi connectivity index (χ2n) is 3.42. The third kappa shape index (κ3) is 3.22. The van der Waals surface area contributed by atoms with Gasteiger partial charge in [-0.1, -0.05) is 26.2 Å². The first-order valence-corrected chi connectivity index (χ1v) is 4.87. The van der Waals surface area contributed by atoms with E-state index in [9.17, 15) is 4.79 Å². The number of carbonyl (C=O) groups excluding carboxylic acids is 1. The third-order valence-electron chi connectivity index (χ3n) is 2.29. The Balaban J connectivity index is 2.05. The number of amides is 1. The largest absolute Gasteiger partial charge is 0.291 e. The molecule has 12 heavy (non-hydrogen) atoms. The SMILES string of the molecule is CCCCCC1CCC(=O)NN1. The van der Waals surface area contributed by atoms with E-state index in [-0.39, 0.29) is 5.91 Å². The van der Waals surface area contributed by atoms with Crippen LogP contribution in [-0.2, 0) is 4.79 Å². The van der Waals surface area contributed by atoms with Crippen molar-refractivity contribution in [3.63, 3.8) is 0 Å². The minimum Gasteiger partial charge on any atom is -0.291 e. The fourth-order valence-electron chi connectivity index (χ4n) is 1.48. The van der Waals surface area contributed by atoms with Crippen LogP contribution in [0.4, 0.5) is 0 Å². The zero-order chi connectivity index (χ0) is 8.81. The average molecular weight is 170 g/mol. The molecule has 0 aromatic heterocycles. The molecule has 1 rings (SSSR count). The number of hydrogen-bond acceptors (Lipinski definition) is 2. The Bertz CT molecular complexity index is 137. The van der Waals surface area contributed by atoms with E-state index in [1.807, 2.05) is 0 Å². The van der Waals surface area contributed by atoms with Crippen molar-refractivity contribution in [2.45, 2.75) is 51.5 Å². The number of carbonyl (C=O) groups is 1. The highest BCUT2D eigenvalue weighted by Crippen LogP contribution is 2.10. The Kier molecular flexibility index (Phi) is 4.08. The summed E-state index contributed by atoms with van der Waals surface area (Å²) in [5.41, 5.74) is 5.70. The van der Waals surface area contributed by atoms with Crippen LogP contribution >= 0.6 is 0 Å². The standard InChI is InChI=1S/C9H18N2O/c1-2-3-4-5-8-6-7-9(12)11-10-8/h8,10H,2-7H2,1H3,(H,11,12). The Morgan fingerprint density at radius 2 is 2.33 bits per heavy atom. The highest BCUT2D eigenvalue weighted by molar-refractivity contribution is 5.76. The number of nitrogens with one attached hydrogen (secondary N) is 2. The minimum atomic E-state index is 0.127. The molecule has 1 saturated heterocycles. The Morgan fingerprint density at radius 3 is 2.92 bits per heavy atom. The van der Waals surface area contributed by atoms with Gasteiger partial charge in [-0.25, -0.2) is 5.43 Å². The first-order valence-electron chi connectivity index (χ1n) is 4.87. The van der Waals surface area contributed by atoms with Gasteiger partial charge in [0.1, 0.15) is 0 Å². The summed E-state index contributed by atoms with van der Waals surface area (Å²) in [6.07, 6.45) is 6.70. The Labute approximate surface area is 73.9 Å². The molecule has 0 aromatic carbocycles. The predicted octanol–water partition coefficient (Wildman–Crippen LogP) is 1.35. The summed E-state index contributed by atoms with van der Waals surface area (Å²) in [4.78, 5) is 10.8. The topological polar surface area (TPSA) is 41.1 Å². The highest BCUT2D eigenvalue weighted by Gasteiger charge is 2.15. The molecule has 1 aliphatic rings. The third-order valence-corrected chi connectivity index (χ3v) is 2.29. The van der Waals surface area contributed by atoms with E-state index < -0.39 is 0 Å². The lowest BCUT2D eigenvalue weighted by molar-refractivity contribution is -0.124. The smallest absolute Gasteiger partial charge is 0.234 e. The fraction of sp³-hybridized carbons (Fsp3) is 0.889. The molecule has 0 saturated carbocycles. The van der Waals surface area contributed by atoms with Gasteiger partial charge in [0.05, 0.1) is 0 Å². The molecule has 0 bridgehead atoms. The summed E-state index contributed by atoms with van der Waals surface area (Å²) >= 11 is 0. The van der Waals surface area contributed by atoms with E-state index in [2.05, 4.69) is 17.8 Å².